The summed E-state index contributed by atoms with van der Waals surface area (Å²) in [6, 6.07) is 4.87. The summed E-state index contributed by atoms with van der Waals surface area (Å²) in [5.41, 5.74) is 0.642. The number of aryl methyl sites for hydroxylation is 1. The topological polar surface area (TPSA) is 68.3 Å². The minimum Gasteiger partial charge on any atom is -0.456 e. The number of anilines is 1. The van der Waals surface area contributed by atoms with Gasteiger partial charge in [0.1, 0.15) is 5.60 Å². The number of aromatic nitrogens is 1. The number of carbonyl (C=O) groups excluding carboxylic acids is 2. The molecule has 0 spiro atoms. The SMILES string of the molecule is Cc1csc(NC(=O)c2ccc(Br)cc2C(=O)OC(C)(C)C)n1. The van der Waals surface area contributed by atoms with Crippen LogP contribution in [-0.4, -0.2) is 22.5 Å². The predicted molar refractivity (Wildman–Crippen MR) is 94.1 cm³/mol. The van der Waals surface area contributed by atoms with E-state index in [-0.39, 0.29) is 11.1 Å². The number of benzene rings is 1. The molecule has 0 saturated carbocycles. The highest BCUT2D eigenvalue weighted by molar-refractivity contribution is 9.10. The first kappa shape index (κ1) is 17.6. The number of carbonyl (C=O) groups is 2. The van der Waals surface area contributed by atoms with Crippen molar-refractivity contribution in [3.63, 3.8) is 0 Å². The van der Waals surface area contributed by atoms with Gasteiger partial charge in [-0.15, -0.1) is 11.3 Å². The van der Waals surface area contributed by atoms with E-state index in [0.29, 0.717) is 9.60 Å². The van der Waals surface area contributed by atoms with Crippen molar-refractivity contribution in [1.82, 2.24) is 4.98 Å². The molecule has 1 heterocycles. The molecular formula is C16H17BrN2O3S. The molecule has 1 aromatic carbocycles. The van der Waals surface area contributed by atoms with Crippen LogP contribution in [0.15, 0.2) is 28.1 Å². The average Bonchev–Trinajstić information content (AvgIpc) is 2.81. The lowest BCUT2D eigenvalue weighted by Crippen LogP contribution is -2.26. The van der Waals surface area contributed by atoms with E-state index in [2.05, 4.69) is 26.2 Å². The van der Waals surface area contributed by atoms with E-state index in [4.69, 9.17) is 4.74 Å². The van der Waals surface area contributed by atoms with Gasteiger partial charge in [0.15, 0.2) is 5.13 Å². The summed E-state index contributed by atoms with van der Waals surface area (Å²) >= 11 is 4.65. The fourth-order valence-electron chi connectivity index (χ4n) is 1.79. The summed E-state index contributed by atoms with van der Waals surface area (Å²) in [5.74, 6) is -0.938. The van der Waals surface area contributed by atoms with Gasteiger partial charge >= 0.3 is 5.97 Å². The summed E-state index contributed by atoms with van der Waals surface area (Å²) < 4.78 is 6.07. The summed E-state index contributed by atoms with van der Waals surface area (Å²) in [5, 5.41) is 5.03. The van der Waals surface area contributed by atoms with Crippen LogP contribution in [0.25, 0.3) is 0 Å². The lowest BCUT2D eigenvalue weighted by Gasteiger charge is -2.20. The lowest BCUT2D eigenvalue weighted by atomic mass is 10.1. The zero-order valence-electron chi connectivity index (χ0n) is 13.3. The molecule has 0 saturated heterocycles. The molecule has 0 atom stereocenters. The average molecular weight is 397 g/mol. The van der Waals surface area contributed by atoms with E-state index in [1.807, 2.05) is 12.3 Å². The van der Waals surface area contributed by atoms with Crippen molar-refractivity contribution in [2.75, 3.05) is 5.32 Å². The normalized spacial score (nSPS) is 11.2. The number of hydrogen-bond acceptors (Lipinski definition) is 5. The van der Waals surface area contributed by atoms with Crippen molar-refractivity contribution in [2.45, 2.75) is 33.3 Å². The molecule has 2 rings (SSSR count). The number of hydrogen-bond donors (Lipinski definition) is 1. The summed E-state index contributed by atoms with van der Waals surface area (Å²) in [6.45, 7) is 7.18. The van der Waals surface area contributed by atoms with E-state index in [1.54, 1.807) is 39.0 Å². The molecule has 0 radical (unpaired) electrons. The van der Waals surface area contributed by atoms with Gasteiger partial charge in [-0.05, 0) is 45.9 Å². The standard InChI is InChI=1S/C16H17BrN2O3S/c1-9-8-23-15(18-9)19-13(20)11-6-5-10(17)7-12(11)14(21)22-16(2,3)4/h5-8H,1-4H3,(H,18,19,20). The van der Waals surface area contributed by atoms with Gasteiger partial charge in [-0.2, -0.15) is 0 Å². The summed E-state index contributed by atoms with van der Waals surface area (Å²) in [6.07, 6.45) is 0. The highest BCUT2D eigenvalue weighted by Gasteiger charge is 2.23. The van der Waals surface area contributed by atoms with Crippen LogP contribution in [0, 0.1) is 6.92 Å². The van der Waals surface area contributed by atoms with Gasteiger partial charge in [-0.3, -0.25) is 10.1 Å². The van der Waals surface area contributed by atoms with Crippen LogP contribution in [-0.2, 0) is 4.74 Å². The van der Waals surface area contributed by atoms with E-state index < -0.39 is 17.5 Å². The maximum absolute atomic E-state index is 12.5. The first-order valence-electron chi connectivity index (χ1n) is 6.92. The predicted octanol–water partition coefficient (Wildman–Crippen LogP) is 4.42. The summed E-state index contributed by atoms with van der Waals surface area (Å²) in [7, 11) is 0. The monoisotopic (exact) mass is 396 g/mol. The van der Waals surface area contributed by atoms with E-state index in [0.717, 1.165) is 5.69 Å². The molecule has 0 aliphatic rings. The second kappa shape index (κ2) is 6.80. The molecule has 1 amide bonds. The quantitative estimate of drug-likeness (QED) is 0.779. The van der Waals surface area contributed by atoms with Gasteiger partial charge < -0.3 is 4.74 Å². The number of nitrogens with one attached hydrogen (secondary N) is 1. The Labute approximate surface area is 147 Å². The Hall–Kier alpha value is -1.73. The lowest BCUT2D eigenvalue weighted by molar-refractivity contribution is 0.00678. The van der Waals surface area contributed by atoms with Crippen LogP contribution in [0.2, 0.25) is 0 Å². The zero-order valence-corrected chi connectivity index (χ0v) is 15.7. The van der Waals surface area contributed by atoms with Gasteiger partial charge in [0.2, 0.25) is 0 Å². The Bertz CT molecular complexity index is 750. The third-order valence-electron chi connectivity index (χ3n) is 2.68. The molecule has 0 aliphatic heterocycles. The minimum absolute atomic E-state index is 0.208. The third kappa shape index (κ3) is 4.87. The number of thiazole rings is 1. The van der Waals surface area contributed by atoms with Crippen LogP contribution in [0.3, 0.4) is 0 Å². The van der Waals surface area contributed by atoms with E-state index >= 15 is 0 Å². The van der Waals surface area contributed by atoms with Gasteiger partial charge in [0, 0.05) is 9.85 Å². The molecule has 1 aromatic heterocycles. The highest BCUT2D eigenvalue weighted by atomic mass is 79.9. The van der Waals surface area contributed by atoms with Gasteiger partial charge in [0.05, 0.1) is 16.8 Å². The first-order valence-corrected chi connectivity index (χ1v) is 8.59. The Balaban J connectivity index is 2.30. The number of halogens is 1. The Morgan fingerprint density at radius 2 is 1.96 bits per heavy atom. The van der Waals surface area contributed by atoms with Crippen LogP contribution in [0.4, 0.5) is 5.13 Å². The second-order valence-corrected chi connectivity index (χ2v) is 7.71. The van der Waals surface area contributed by atoms with E-state index in [9.17, 15) is 9.59 Å². The molecule has 0 fully saturated rings. The maximum atomic E-state index is 12.5. The first-order chi connectivity index (χ1) is 10.7. The third-order valence-corrected chi connectivity index (χ3v) is 4.05. The fourth-order valence-corrected chi connectivity index (χ4v) is 2.84. The fraction of sp³-hybridized carbons (Fsp3) is 0.312. The molecule has 23 heavy (non-hydrogen) atoms. The van der Waals surface area contributed by atoms with Crippen molar-refractivity contribution >= 4 is 44.3 Å². The molecule has 0 unspecified atom stereocenters. The second-order valence-electron chi connectivity index (χ2n) is 5.94. The van der Waals surface area contributed by atoms with Crippen molar-refractivity contribution in [2.24, 2.45) is 0 Å². The molecule has 2 aromatic rings. The molecule has 0 bridgehead atoms. The molecule has 5 nitrogen and oxygen atoms in total. The number of nitrogens with zero attached hydrogens (tertiary/aromatic N) is 1. The Morgan fingerprint density at radius 1 is 1.26 bits per heavy atom. The minimum atomic E-state index is -0.639. The smallest absolute Gasteiger partial charge is 0.339 e. The number of rotatable bonds is 3. The number of esters is 1. The van der Waals surface area contributed by atoms with Crippen LogP contribution in [0.5, 0.6) is 0 Å². The molecule has 1 N–H and O–H groups in total. The van der Waals surface area contributed by atoms with Crippen LogP contribution in [0.1, 0.15) is 47.2 Å². The highest BCUT2D eigenvalue weighted by Crippen LogP contribution is 2.22. The number of ether oxygens (including phenoxy) is 1. The summed E-state index contributed by atoms with van der Waals surface area (Å²) in [4.78, 5) is 29.0. The van der Waals surface area contributed by atoms with Crippen molar-refractivity contribution < 1.29 is 14.3 Å². The van der Waals surface area contributed by atoms with Crippen molar-refractivity contribution in [3.05, 3.63) is 44.9 Å². The van der Waals surface area contributed by atoms with Crippen LogP contribution >= 0.6 is 27.3 Å². The van der Waals surface area contributed by atoms with Crippen molar-refractivity contribution in [3.8, 4) is 0 Å². The molecule has 122 valence electrons. The molecule has 0 aliphatic carbocycles. The van der Waals surface area contributed by atoms with Gasteiger partial charge in [-0.1, -0.05) is 15.9 Å². The van der Waals surface area contributed by atoms with Crippen molar-refractivity contribution in [1.29, 1.82) is 0 Å². The molecular weight excluding hydrogens is 380 g/mol. The van der Waals surface area contributed by atoms with Crippen LogP contribution < -0.4 is 5.32 Å². The van der Waals surface area contributed by atoms with E-state index in [1.165, 1.54) is 11.3 Å². The number of amides is 1. The van der Waals surface area contributed by atoms with Gasteiger partial charge in [-0.25, -0.2) is 9.78 Å². The Morgan fingerprint density at radius 3 is 2.52 bits per heavy atom. The Kier molecular flexibility index (Phi) is 5.21. The van der Waals surface area contributed by atoms with Gasteiger partial charge in [0.25, 0.3) is 5.91 Å². The largest absolute Gasteiger partial charge is 0.456 e. The molecule has 7 heteroatoms. The zero-order chi connectivity index (χ0) is 17.2. The maximum Gasteiger partial charge on any atom is 0.339 e.